The Balaban J connectivity index is 2.17. The highest BCUT2D eigenvalue weighted by Gasteiger charge is 2.15. The lowest BCUT2D eigenvalue weighted by molar-refractivity contribution is 0.455. The van der Waals surface area contributed by atoms with E-state index in [0.717, 1.165) is 6.42 Å². The second kappa shape index (κ2) is 6.91. The molecule has 2 unspecified atom stereocenters. The summed E-state index contributed by atoms with van der Waals surface area (Å²) in [5, 5.41) is 3.79. The van der Waals surface area contributed by atoms with Gasteiger partial charge in [0.2, 0.25) is 0 Å². The Morgan fingerprint density at radius 2 is 1.52 bits per heavy atom. The third kappa shape index (κ3) is 3.95. The second-order valence-corrected chi connectivity index (χ2v) is 6.12. The maximum Gasteiger partial charge on any atom is 0.0323 e. The minimum Gasteiger partial charge on any atom is -0.303 e. The summed E-state index contributed by atoms with van der Waals surface area (Å²) in [6, 6.07) is 16.3. The van der Waals surface area contributed by atoms with Gasteiger partial charge in [-0.05, 0) is 50.8 Å². The topological polar surface area (TPSA) is 12.0 Å². The van der Waals surface area contributed by atoms with Crippen LogP contribution in [0.4, 0.5) is 0 Å². The highest BCUT2D eigenvalue weighted by molar-refractivity contribution is 5.33. The van der Waals surface area contributed by atoms with Crippen LogP contribution in [0.15, 0.2) is 42.5 Å². The van der Waals surface area contributed by atoms with Gasteiger partial charge in [-0.1, -0.05) is 60.5 Å². The van der Waals surface area contributed by atoms with Crippen molar-refractivity contribution < 1.29 is 0 Å². The molecule has 0 aliphatic rings. The fraction of sp³-hybridized carbons (Fsp3) is 0.400. The predicted molar refractivity (Wildman–Crippen MR) is 91.7 cm³/mol. The van der Waals surface area contributed by atoms with E-state index >= 15 is 0 Å². The predicted octanol–water partition coefficient (Wildman–Crippen LogP) is 5.41. The van der Waals surface area contributed by atoms with Gasteiger partial charge in [0.25, 0.3) is 0 Å². The molecule has 0 aliphatic heterocycles. The summed E-state index contributed by atoms with van der Waals surface area (Å²) >= 11 is 0. The molecule has 0 amide bonds. The average molecular weight is 281 g/mol. The molecule has 0 aliphatic carbocycles. The molecule has 21 heavy (non-hydrogen) atoms. The van der Waals surface area contributed by atoms with Gasteiger partial charge in [-0.2, -0.15) is 0 Å². The van der Waals surface area contributed by atoms with Gasteiger partial charge in [0.1, 0.15) is 0 Å². The van der Waals surface area contributed by atoms with Crippen LogP contribution in [-0.2, 0) is 0 Å². The van der Waals surface area contributed by atoms with Crippen LogP contribution >= 0.6 is 0 Å². The van der Waals surface area contributed by atoms with Crippen LogP contribution in [0.5, 0.6) is 0 Å². The Bertz CT molecular complexity index is 583. The van der Waals surface area contributed by atoms with Crippen molar-refractivity contribution in [2.75, 3.05) is 0 Å². The van der Waals surface area contributed by atoms with Crippen LogP contribution in [0.1, 0.15) is 60.2 Å². The Hall–Kier alpha value is -1.60. The van der Waals surface area contributed by atoms with E-state index in [2.05, 4.69) is 82.4 Å². The fourth-order valence-electron chi connectivity index (χ4n) is 2.87. The van der Waals surface area contributed by atoms with E-state index in [0.29, 0.717) is 12.1 Å². The van der Waals surface area contributed by atoms with Crippen molar-refractivity contribution >= 4 is 0 Å². The zero-order valence-corrected chi connectivity index (χ0v) is 13.9. The van der Waals surface area contributed by atoms with Gasteiger partial charge in [-0.3, -0.25) is 0 Å². The Morgan fingerprint density at radius 3 is 2.14 bits per heavy atom. The van der Waals surface area contributed by atoms with Crippen molar-refractivity contribution in [2.45, 2.75) is 53.1 Å². The first-order valence-corrected chi connectivity index (χ1v) is 7.91. The van der Waals surface area contributed by atoms with Crippen LogP contribution in [-0.4, -0.2) is 0 Å². The van der Waals surface area contributed by atoms with E-state index in [9.17, 15) is 0 Å². The van der Waals surface area contributed by atoms with Crippen LogP contribution in [0.25, 0.3) is 0 Å². The second-order valence-electron chi connectivity index (χ2n) is 6.12. The van der Waals surface area contributed by atoms with Crippen LogP contribution in [0, 0.1) is 20.8 Å². The molecule has 2 aromatic rings. The number of rotatable bonds is 5. The lowest BCUT2D eigenvalue weighted by atomic mass is 9.97. The highest BCUT2D eigenvalue weighted by atomic mass is 14.9. The van der Waals surface area contributed by atoms with Gasteiger partial charge in [-0.15, -0.1) is 0 Å². The first-order valence-electron chi connectivity index (χ1n) is 7.91. The lowest BCUT2D eigenvalue weighted by Crippen LogP contribution is -2.24. The first-order chi connectivity index (χ1) is 10.0. The number of benzene rings is 2. The summed E-state index contributed by atoms with van der Waals surface area (Å²) < 4.78 is 0. The maximum atomic E-state index is 3.79. The van der Waals surface area contributed by atoms with Crippen molar-refractivity contribution in [3.05, 3.63) is 70.3 Å². The minimum atomic E-state index is 0.358. The van der Waals surface area contributed by atoms with Gasteiger partial charge in [0.05, 0.1) is 0 Å². The first kappa shape index (κ1) is 15.8. The summed E-state index contributed by atoms with van der Waals surface area (Å²) in [5.41, 5.74) is 6.78. The summed E-state index contributed by atoms with van der Waals surface area (Å²) in [5.74, 6) is 0. The largest absolute Gasteiger partial charge is 0.303 e. The summed E-state index contributed by atoms with van der Waals surface area (Å²) in [4.78, 5) is 0. The molecule has 0 spiro atoms. The fourth-order valence-corrected chi connectivity index (χ4v) is 2.87. The van der Waals surface area contributed by atoms with Gasteiger partial charge < -0.3 is 5.32 Å². The smallest absolute Gasteiger partial charge is 0.0323 e. The Morgan fingerprint density at radius 1 is 0.905 bits per heavy atom. The SMILES string of the molecule is CCC(NC(C)c1cc(C)ccc1C)c1ccc(C)cc1. The third-order valence-electron chi connectivity index (χ3n) is 4.24. The Kier molecular flexibility index (Phi) is 5.19. The Labute approximate surface area is 129 Å². The molecule has 0 radical (unpaired) electrons. The van der Waals surface area contributed by atoms with Gasteiger partial charge in [-0.25, -0.2) is 0 Å². The van der Waals surface area contributed by atoms with Crippen molar-refractivity contribution in [1.82, 2.24) is 5.32 Å². The molecule has 1 nitrogen and oxygen atoms in total. The van der Waals surface area contributed by atoms with Crippen molar-refractivity contribution in [3.63, 3.8) is 0 Å². The lowest BCUT2D eigenvalue weighted by Gasteiger charge is -2.24. The monoisotopic (exact) mass is 281 g/mol. The number of aryl methyl sites for hydroxylation is 3. The molecule has 2 atom stereocenters. The maximum absolute atomic E-state index is 3.79. The van der Waals surface area contributed by atoms with E-state index in [1.54, 1.807) is 0 Å². The number of hydrogen-bond donors (Lipinski definition) is 1. The summed E-state index contributed by atoms with van der Waals surface area (Å²) in [7, 11) is 0. The van der Waals surface area contributed by atoms with E-state index < -0.39 is 0 Å². The molecule has 0 saturated heterocycles. The third-order valence-corrected chi connectivity index (χ3v) is 4.24. The molecule has 0 heterocycles. The molecule has 0 bridgehead atoms. The van der Waals surface area contributed by atoms with Crippen molar-refractivity contribution in [1.29, 1.82) is 0 Å². The van der Waals surface area contributed by atoms with E-state index in [1.807, 2.05) is 0 Å². The quantitative estimate of drug-likeness (QED) is 0.772. The molecule has 0 saturated carbocycles. The summed E-state index contributed by atoms with van der Waals surface area (Å²) in [6.07, 6.45) is 1.10. The molecule has 2 rings (SSSR count). The molecule has 112 valence electrons. The van der Waals surface area contributed by atoms with Crippen LogP contribution in [0.3, 0.4) is 0 Å². The van der Waals surface area contributed by atoms with E-state index in [-0.39, 0.29) is 0 Å². The molecule has 0 aromatic heterocycles. The minimum absolute atomic E-state index is 0.358. The normalized spacial score (nSPS) is 14.0. The number of nitrogens with one attached hydrogen (secondary N) is 1. The van der Waals surface area contributed by atoms with E-state index in [4.69, 9.17) is 0 Å². The van der Waals surface area contributed by atoms with Crippen molar-refractivity contribution in [2.24, 2.45) is 0 Å². The average Bonchev–Trinajstić information content (AvgIpc) is 2.48. The van der Waals surface area contributed by atoms with Gasteiger partial charge in [0, 0.05) is 12.1 Å². The standard InChI is InChI=1S/C20H27N/c1-6-20(18-11-8-14(2)9-12-18)21-17(5)19-13-15(3)7-10-16(19)4/h7-13,17,20-21H,6H2,1-5H3. The molecule has 0 fully saturated rings. The number of hydrogen-bond acceptors (Lipinski definition) is 1. The summed E-state index contributed by atoms with van der Waals surface area (Å²) in [6.45, 7) is 11.0. The van der Waals surface area contributed by atoms with Crippen molar-refractivity contribution in [3.8, 4) is 0 Å². The molecular weight excluding hydrogens is 254 g/mol. The zero-order chi connectivity index (χ0) is 15.4. The highest BCUT2D eigenvalue weighted by Crippen LogP contribution is 2.25. The molecule has 1 N–H and O–H groups in total. The molecular formula is C20H27N. The molecule has 2 aromatic carbocycles. The van der Waals surface area contributed by atoms with E-state index in [1.165, 1.54) is 27.8 Å². The van der Waals surface area contributed by atoms with Crippen LogP contribution < -0.4 is 5.32 Å². The van der Waals surface area contributed by atoms with Gasteiger partial charge >= 0.3 is 0 Å². The molecule has 1 heteroatoms. The zero-order valence-electron chi connectivity index (χ0n) is 13.9. The van der Waals surface area contributed by atoms with Gasteiger partial charge in [0.15, 0.2) is 0 Å². The van der Waals surface area contributed by atoms with Crippen LogP contribution in [0.2, 0.25) is 0 Å².